The molecular formula is C22H32F2O6. The predicted molar refractivity (Wildman–Crippen MR) is 108 cm³/mol. The highest BCUT2D eigenvalue weighted by Gasteiger charge is 2.49. The van der Waals surface area contributed by atoms with Crippen molar-refractivity contribution in [1.29, 1.82) is 0 Å². The van der Waals surface area contributed by atoms with Crippen LogP contribution in [-0.4, -0.2) is 49.4 Å². The van der Waals surface area contributed by atoms with E-state index in [1.165, 1.54) is 50.5 Å². The average Bonchev–Trinajstić information content (AvgIpc) is 2.73. The van der Waals surface area contributed by atoms with Crippen LogP contribution < -0.4 is 4.74 Å². The van der Waals surface area contributed by atoms with Crippen molar-refractivity contribution in [3.8, 4) is 5.75 Å². The molecule has 0 aromatic heterocycles. The van der Waals surface area contributed by atoms with Crippen LogP contribution in [0.3, 0.4) is 0 Å². The number of ether oxygens (including phenoxy) is 3. The fourth-order valence-electron chi connectivity index (χ4n) is 2.73. The van der Waals surface area contributed by atoms with Gasteiger partial charge in [-0.1, -0.05) is 57.6 Å². The zero-order valence-electron chi connectivity index (χ0n) is 17.5. The Kier molecular flexibility index (Phi) is 12.7. The van der Waals surface area contributed by atoms with E-state index in [4.69, 9.17) is 14.6 Å². The summed E-state index contributed by atoms with van der Waals surface area (Å²) in [7, 11) is 0. The van der Waals surface area contributed by atoms with Gasteiger partial charge in [0.15, 0.2) is 0 Å². The molecule has 0 saturated carbocycles. The molecule has 0 aliphatic heterocycles. The minimum atomic E-state index is -4.55. The van der Waals surface area contributed by atoms with E-state index in [-0.39, 0.29) is 19.8 Å². The van der Waals surface area contributed by atoms with Crippen molar-refractivity contribution >= 4 is 11.9 Å². The Morgan fingerprint density at radius 2 is 1.50 bits per heavy atom. The van der Waals surface area contributed by atoms with Gasteiger partial charge in [-0.05, 0) is 30.5 Å². The molecule has 1 aromatic rings. The zero-order chi connectivity index (χ0) is 22.2. The van der Waals surface area contributed by atoms with E-state index in [0.29, 0.717) is 5.75 Å². The van der Waals surface area contributed by atoms with Gasteiger partial charge in [-0.25, -0.2) is 9.59 Å². The number of benzene rings is 1. The van der Waals surface area contributed by atoms with Crippen LogP contribution in [0.2, 0.25) is 0 Å². The number of aliphatic carboxylic acids is 1. The maximum atomic E-state index is 12.8. The van der Waals surface area contributed by atoms with Gasteiger partial charge in [0.1, 0.15) is 19.0 Å². The van der Waals surface area contributed by atoms with Gasteiger partial charge in [0.25, 0.3) is 0 Å². The van der Waals surface area contributed by atoms with Crippen LogP contribution >= 0.6 is 0 Å². The molecule has 0 fully saturated rings. The maximum Gasteiger partial charge on any atom is 0.437 e. The molecule has 0 spiro atoms. The van der Waals surface area contributed by atoms with Crippen LogP contribution in [-0.2, 0) is 25.5 Å². The number of esters is 1. The van der Waals surface area contributed by atoms with Gasteiger partial charge in [0, 0.05) is 0 Å². The number of carboxylic acid groups (broad SMARTS) is 1. The van der Waals surface area contributed by atoms with E-state index in [9.17, 15) is 18.4 Å². The molecule has 1 N–H and O–H groups in total. The number of aryl methyl sites for hydroxylation is 1. The number of hydrogen-bond donors (Lipinski definition) is 1. The monoisotopic (exact) mass is 430 g/mol. The Bertz CT molecular complexity index is 619. The van der Waals surface area contributed by atoms with Crippen LogP contribution in [0, 0.1) is 0 Å². The summed E-state index contributed by atoms with van der Waals surface area (Å²) >= 11 is 0. The number of carboxylic acids is 1. The third-order valence-corrected chi connectivity index (χ3v) is 4.47. The van der Waals surface area contributed by atoms with Gasteiger partial charge in [-0.2, -0.15) is 8.78 Å². The first-order chi connectivity index (χ1) is 14.4. The van der Waals surface area contributed by atoms with Crippen molar-refractivity contribution in [2.45, 2.75) is 64.2 Å². The SMILES string of the molecule is CCCCCCCCCc1ccc(OCCOCCOC(=O)C(F)(F)C(=O)O)cc1. The molecule has 6 nitrogen and oxygen atoms in total. The Morgan fingerprint density at radius 1 is 0.900 bits per heavy atom. The van der Waals surface area contributed by atoms with E-state index >= 15 is 0 Å². The van der Waals surface area contributed by atoms with E-state index in [1.54, 1.807) is 0 Å². The highest BCUT2D eigenvalue weighted by atomic mass is 19.3. The van der Waals surface area contributed by atoms with Gasteiger partial charge in [0.2, 0.25) is 0 Å². The zero-order valence-corrected chi connectivity index (χ0v) is 17.5. The molecule has 170 valence electrons. The topological polar surface area (TPSA) is 82.1 Å². The fraction of sp³-hybridized carbons (Fsp3) is 0.636. The van der Waals surface area contributed by atoms with Gasteiger partial charge in [-0.3, -0.25) is 0 Å². The Balaban J connectivity index is 2.07. The van der Waals surface area contributed by atoms with Crippen LogP contribution in [0.25, 0.3) is 0 Å². The number of unbranched alkanes of at least 4 members (excludes halogenated alkanes) is 6. The van der Waals surface area contributed by atoms with Crippen molar-refractivity contribution in [3.63, 3.8) is 0 Å². The summed E-state index contributed by atoms with van der Waals surface area (Å²) in [6.45, 7) is 2.04. The Morgan fingerprint density at radius 3 is 2.13 bits per heavy atom. The van der Waals surface area contributed by atoms with E-state index < -0.39 is 24.5 Å². The number of alkyl halides is 2. The van der Waals surface area contributed by atoms with Crippen LogP contribution in [0.15, 0.2) is 24.3 Å². The Hall–Kier alpha value is -2.22. The van der Waals surface area contributed by atoms with Gasteiger partial charge in [0.05, 0.1) is 13.2 Å². The molecule has 0 saturated heterocycles. The van der Waals surface area contributed by atoms with Crippen molar-refractivity contribution in [1.82, 2.24) is 0 Å². The maximum absolute atomic E-state index is 12.8. The molecule has 0 unspecified atom stereocenters. The molecule has 0 atom stereocenters. The van der Waals surface area contributed by atoms with Gasteiger partial charge < -0.3 is 19.3 Å². The summed E-state index contributed by atoms with van der Waals surface area (Å²) in [5, 5.41) is 8.20. The molecule has 1 aromatic carbocycles. The van der Waals surface area contributed by atoms with Crippen LogP contribution in [0.4, 0.5) is 8.78 Å². The van der Waals surface area contributed by atoms with Gasteiger partial charge in [-0.15, -0.1) is 0 Å². The lowest BCUT2D eigenvalue weighted by molar-refractivity contribution is -0.187. The second kappa shape index (κ2) is 14.7. The molecule has 0 amide bonds. The summed E-state index contributed by atoms with van der Waals surface area (Å²) in [6.07, 6.45) is 10.0. The standard InChI is InChI=1S/C22H32F2O6/c1-2-3-4-5-6-7-8-9-18-10-12-19(13-11-18)29-16-14-28-15-17-30-21(27)22(23,24)20(25)26/h10-13H,2-9,14-17H2,1H3,(H,25,26). The lowest BCUT2D eigenvalue weighted by Crippen LogP contribution is -2.39. The third kappa shape index (κ3) is 10.5. The average molecular weight is 430 g/mol. The highest BCUT2D eigenvalue weighted by Crippen LogP contribution is 2.16. The minimum absolute atomic E-state index is 0.137. The lowest BCUT2D eigenvalue weighted by atomic mass is 10.0. The summed E-state index contributed by atoms with van der Waals surface area (Å²) in [5.74, 6) is -8.50. The Labute approximate surface area is 176 Å². The van der Waals surface area contributed by atoms with E-state index in [0.717, 1.165) is 6.42 Å². The normalized spacial score (nSPS) is 11.3. The third-order valence-electron chi connectivity index (χ3n) is 4.47. The fourth-order valence-corrected chi connectivity index (χ4v) is 2.73. The first-order valence-corrected chi connectivity index (χ1v) is 10.5. The van der Waals surface area contributed by atoms with Crippen molar-refractivity contribution in [3.05, 3.63) is 29.8 Å². The minimum Gasteiger partial charge on any atom is -0.491 e. The summed E-state index contributed by atoms with van der Waals surface area (Å²) in [6, 6.07) is 7.86. The molecule has 0 aliphatic rings. The molecule has 0 aliphatic carbocycles. The molecule has 0 heterocycles. The van der Waals surface area contributed by atoms with Crippen LogP contribution in [0.5, 0.6) is 5.75 Å². The van der Waals surface area contributed by atoms with Crippen molar-refractivity contribution < 1.29 is 37.7 Å². The largest absolute Gasteiger partial charge is 0.491 e. The van der Waals surface area contributed by atoms with Crippen LogP contribution in [0.1, 0.15) is 57.4 Å². The quantitative estimate of drug-likeness (QED) is 0.220. The first kappa shape index (κ1) is 25.8. The molecule has 0 bridgehead atoms. The van der Waals surface area contributed by atoms with E-state index in [1.807, 2.05) is 24.3 Å². The molecule has 8 heteroatoms. The first-order valence-electron chi connectivity index (χ1n) is 10.5. The number of carbonyl (C=O) groups excluding carboxylic acids is 1. The number of halogens is 2. The van der Waals surface area contributed by atoms with Crippen molar-refractivity contribution in [2.24, 2.45) is 0 Å². The second-order valence-electron chi connectivity index (χ2n) is 6.99. The molecule has 0 radical (unpaired) electrons. The lowest BCUT2D eigenvalue weighted by Gasteiger charge is -2.11. The summed E-state index contributed by atoms with van der Waals surface area (Å²) in [4.78, 5) is 21.1. The number of carbonyl (C=O) groups is 2. The second-order valence-corrected chi connectivity index (χ2v) is 6.99. The summed E-state index contributed by atoms with van der Waals surface area (Å²) < 4.78 is 40.4. The molecule has 1 rings (SSSR count). The number of rotatable bonds is 17. The smallest absolute Gasteiger partial charge is 0.437 e. The van der Waals surface area contributed by atoms with Crippen molar-refractivity contribution in [2.75, 3.05) is 26.4 Å². The summed E-state index contributed by atoms with van der Waals surface area (Å²) in [5.41, 5.74) is 1.27. The molecule has 30 heavy (non-hydrogen) atoms. The molecular weight excluding hydrogens is 398 g/mol. The van der Waals surface area contributed by atoms with Gasteiger partial charge >= 0.3 is 17.9 Å². The predicted octanol–water partition coefficient (Wildman–Crippen LogP) is 4.64. The number of hydrogen-bond acceptors (Lipinski definition) is 5. The van der Waals surface area contributed by atoms with E-state index in [2.05, 4.69) is 11.7 Å². The highest BCUT2D eigenvalue weighted by molar-refractivity contribution is 6.00.